The van der Waals surface area contributed by atoms with Crippen molar-refractivity contribution in [1.82, 2.24) is 24.9 Å². The van der Waals surface area contributed by atoms with Crippen molar-refractivity contribution in [3.05, 3.63) is 35.8 Å². The topological polar surface area (TPSA) is 126 Å². The summed E-state index contributed by atoms with van der Waals surface area (Å²) in [4.78, 5) is 35.6. The van der Waals surface area contributed by atoms with Crippen molar-refractivity contribution in [2.75, 3.05) is 35.7 Å². The molecule has 2 unspecified atom stereocenters. The summed E-state index contributed by atoms with van der Waals surface area (Å²) in [7, 11) is 1.73. The molecule has 3 aliphatic rings. The van der Waals surface area contributed by atoms with E-state index in [0.29, 0.717) is 48.2 Å². The lowest BCUT2D eigenvalue weighted by Crippen LogP contribution is -2.54. The molecule has 6 rings (SSSR count). The predicted molar refractivity (Wildman–Crippen MR) is 125 cm³/mol. The molecule has 1 saturated carbocycles. The van der Waals surface area contributed by atoms with E-state index in [0.717, 1.165) is 19.4 Å². The number of pyridine rings is 1. The normalized spacial score (nSPS) is 23.3. The lowest BCUT2D eigenvalue weighted by atomic mass is 9.77. The largest absolute Gasteiger partial charge is 0.376 e. The van der Waals surface area contributed by atoms with Crippen molar-refractivity contribution < 1.29 is 18.7 Å². The lowest BCUT2D eigenvalue weighted by molar-refractivity contribution is -0.117. The van der Waals surface area contributed by atoms with Gasteiger partial charge in [0.05, 0.1) is 18.3 Å². The fraction of sp³-hybridized carbons (Fsp3) is 0.435. The molecular formula is C23H25FN8O3. The molecule has 5 heterocycles. The number of nitrogens with zero attached hydrogens (tertiary/aromatic N) is 5. The van der Waals surface area contributed by atoms with Crippen molar-refractivity contribution in [3.8, 4) is 0 Å². The number of amides is 2. The van der Waals surface area contributed by atoms with Gasteiger partial charge in [0.1, 0.15) is 34.7 Å². The Morgan fingerprint density at radius 3 is 2.86 bits per heavy atom. The molecule has 3 atom stereocenters. The molecule has 2 aliphatic heterocycles. The first kappa shape index (κ1) is 21.7. The van der Waals surface area contributed by atoms with Gasteiger partial charge in [0.25, 0.3) is 5.91 Å². The summed E-state index contributed by atoms with van der Waals surface area (Å²) in [6.45, 7) is 1.24. The third-order valence-corrected chi connectivity index (χ3v) is 6.89. The van der Waals surface area contributed by atoms with E-state index in [-0.39, 0.29) is 35.6 Å². The van der Waals surface area contributed by atoms with E-state index in [1.165, 1.54) is 27.7 Å². The second-order valence-corrected chi connectivity index (χ2v) is 9.07. The second-order valence-electron chi connectivity index (χ2n) is 9.07. The standard InChI is InChI=1S/C23H25FN8O3/c1-25-18-10-17(28-16-8-13(24)9-19(29-16)31-5-2-3-20(31)33)30-22-14(11-26-32(18)22)23(34)27-15-7-12-4-6-35-21(12)15/h8-12,15,21,25H,2-7H2,1H3,(H,27,34)(H,28,29,30)/t12?,15-,21?/m1/s1. The average Bonchev–Trinajstić information content (AvgIpc) is 3.54. The fourth-order valence-electron chi connectivity index (χ4n) is 5.08. The maximum atomic E-state index is 14.4. The van der Waals surface area contributed by atoms with Gasteiger partial charge in [0, 0.05) is 44.8 Å². The molecule has 1 aliphatic carbocycles. The Kier molecular flexibility index (Phi) is 5.24. The number of hydrogen-bond donors (Lipinski definition) is 3. The molecule has 0 spiro atoms. The monoisotopic (exact) mass is 480 g/mol. The molecule has 2 saturated heterocycles. The third-order valence-electron chi connectivity index (χ3n) is 6.89. The van der Waals surface area contributed by atoms with Gasteiger partial charge >= 0.3 is 0 Å². The first-order chi connectivity index (χ1) is 17.0. The van der Waals surface area contributed by atoms with E-state index >= 15 is 0 Å². The SMILES string of the molecule is CNc1cc(Nc2cc(F)cc(N3CCCC3=O)n2)nc2c(C(=O)N[C@@H]3CC4CCOC43)cnn12. The van der Waals surface area contributed by atoms with Crippen LogP contribution in [0.15, 0.2) is 24.4 Å². The van der Waals surface area contributed by atoms with Crippen molar-refractivity contribution in [1.29, 1.82) is 0 Å². The van der Waals surface area contributed by atoms with Gasteiger partial charge in [-0.2, -0.15) is 9.61 Å². The summed E-state index contributed by atoms with van der Waals surface area (Å²) >= 11 is 0. The minimum atomic E-state index is -0.524. The van der Waals surface area contributed by atoms with Crippen LogP contribution in [0.3, 0.4) is 0 Å². The van der Waals surface area contributed by atoms with Crippen molar-refractivity contribution in [3.63, 3.8) is 0 Å². The predicted octanol–water partition coefficient (Wildman–Crippen LogP) is 2.08. The van der Waals surface area contributed by atoms with Gasteiger partial charge in [-0.05, 0) is 25.2 Å². The summed E-state index contributed by atoms with van der Waals surface area (Å²) < 4.78 is 21.6. The minimum Gasteiger partial charge on any atom is -0.376 e. The number of carbonyl (C=O) groups is 2. The lowest BCUT2D eigenvalue weighted by Gasteiger charge is -2.39. The first-order valence-corrected chi connectivity index (χ1v) is 11.7. The van der Waals surface area contributed by atoms with E-state index in [1.807, 2.05) is 0 Å². The maximum absolute atomic E-state index is 14.4. The highest BCUT2D eigenvalue weighted by Crippen LogP contribution is 2.38. The van der Waals surface area contributed by atoms with Crippen molar-refractivity contribution >= 4 is 40.7 Å². The maximum Gasteiger partial charge on any atom is 0.257 e. The molecule has 11 nitrogen and oxygen atoms in total. The summed E-state index contributed by atoms with van der Waals surface area (Å²) in [5.74, 6) is 1.01. The van der Waals surface area contributed by atoms with Gasteiger partial charge in [-0.3, -0.25) is 14.5 Å². The van der Waals surface area contributed by atoms with Crippen LogP contribution in [-0.4, -0.2) is 63.7 Å². The van der Waals surface area contributed by atoms with E-state index in [2.05, 4.69) is 31.0 Å². The zero-order valence-electron chi connectivity index (χ0n) is 19.1. The van der Waals surface area contributed by atoms with Crippen LogP contribution in [0.5, 0.6) is 0 Å². The first-order valence-electron chi connectivity index (χ1n) is 11.7. The number of aromatic nitrogens is 4. The molecule has 3 aromatic heterocycles. The highest BCUT2D eigenvalue weighted by atomic mass is 19.1. The third kappa shape index (κ3) is 3.83. The number of rotatable bonds is 6. The molecule has 3 aromatic rings. The molecule has 182 valence electrons. The average molecular weight is 481 g/mol. The van der Waals surface area contributed by atoms with E-state index < -0.39 is 5.82 Å². The van der Waals surface area contributed by atoms with Crippen LogP contribution < -0.4 is 20.9 Å². The molecule has 0 aromatic carbocycles. The Hall–Kier alpha value is -3.80. The number of hydrogen-bond acceptors (Lipinski definition) is 8. The Morgan fingerprint density at radius 1 is 1.23 bits per heavy atom. The number of anilines is 4. The molecule has 2 amide bonds. The van der Waals surface area contributed by atoms with Gasteiger partial charge in [0.15, 0.2) is 5.65 Å². The molecule has 3 fully saturated rings. The zero-order chi connectivity index (χ0) is 24.1. The number of ether oxygens (including phenoxy) is 1. The van der Waals surface area contributed by atoms with Crippen LogP contribution in [0, 0.1) is 11.7 Å². The Morgan fingerprint density at radius 2 is 2.09 bits per heavy atom. The van der Waals surface area contributed by atoms with Crippen LogP contribution in [-0.2, 0) is 9.53 Å². The van der Waals surface area contributed by atoms with Crippen LogP contribution in [0.25, 0.3) is 5.65 Å². The highest BCUT2D eigenvalue weighted by molar-refractivity contribution is 6.00. The van der Waals surface area contributed by atoms with Gasteiger partial charge in [-0.15, -0.1) is 0 Å². The Labute approximate surface area is 200 Å². The quantitative estimate of drug-likeness (QED) is 0.490. The Bertz CT molecular complexity index is 1330. The smallest absolute Gasteiger partial charge is 0.257 e. The Balaban J connectivity index is 1.29. The molecule has 3 N–H and O–H groups in total. The van der Waals surface area contributed by atoms with Crippen LogP contribution >= 0.6 is 0 Å². The van der Waals surface area contributed by atoms with Gasteiger partial charge in [-0.25, -0.2) is 14.4 Å². The molecule has 0 bridgehead atoms. The number of nitrogens with one attached hydrogen (secondary N) is 3. The van der Waals surface area contributed by atoms with Crippen LogP contribution in [0.2, 0.25) is 0 Å². The second kappa shape index (κ2) is 8.45. The van der Waals surface area contributed by atoms with E-state index in [1.54, 1.807) is 13.1 Å². The van der Waals surface area contributed by atoms with Gasteiger partial charge in [0.2, 0.25) is 5.91 Å². The number of halogens is 1. The summed E-state index contributed by atoms with van der Waals surface area (Å²) in [6.07, 6.45) is 4.64. The zero-order valence-corrected chi connectivity index (χ0v) is 19.1. The molecular weight excluding hydrogens is 455 g/mol. The summed E-state index contributed by atoms with van der Waals surface area (Å²) in [5.41, 5.74) is 0.661. The van der Waals surface area contributed by atoms with Gasteiger partial charge < -0.3 is 20.7 Å². The molecule has 0 radical (unpaired) electrons. The van der Waals surface area contributed by atoms with E-state index in [9.17, 15) is 14.0 Å². The summed E-state index contributed by atoms with van der Waals surface area (Å²) in [5, 5.41) is 13.4. The van der Waals surface area contributed by atoms with Crippen LogP contribution in [0.1, 0.15) is 36.0 Å². The highest BCUT2D eigenvalue weighted by Gasteiger charge is 2.46. The van der Waals surface area contributed by atoms with Gasteiger partial charge in [-0.1, -0.05) is 0 Å². The number of fused-ring (bicyclic) bond motifs is 2. The molecule has 12 heteroatoms. The van der Waals surface area contributed by atoms with Crippen LogP contribution in [0.4, 0.5) is 27.7 Å². The summed E-state index contributed by atoms with van der Waals surface area (Å²) in [6, 6.07) is 4.13. The van der Waals surface area contributed by atoms with Crippen molar-refractivity contribution in [2.24, 2.45) is 5.92 Å². The fourth-order valence-corrected chi connectivity index (χ4v) is 5.08. The van der Waals surface area contributed by atoms with E-state index in [4.69, 9.17) is 4.74 Å². The molecule has 35 heavy (non-hydrogen) atoms. The van der Waals surface area contributed by atoms with Crippen molar-refractivity contribution in [2.45, 2.75) is 37.8 Å². The number of carbonyl (C=O) groups excluding carboxylic acids is 2. The minimum absolute atomic E-state index is 0.0155.